The van der Waals surface area contributed by atoms with Gasteiger partial charge >= 0.3 is 0 Å². The van der Waals surface area contributed by atoms with Gasteiger partial charge in [-0.2, -0.15) is 0 Å². The summed E-state index contributed by atoms with van der Waals surface area (Å²) >= 11 is 5.82. The third kappa shape index (κ3) is 3.98. The molecule has 0 radical (unpaired) electrons. The van der Waals surface area contributed by atoms with Crippen molar-refractivity contribution in [2.24, 2.45) is 0 Å². The summed E-state index contributed by atoms with van der Waals surface area (Å²) in [7, 11) is 0. The Morgan fingerprint density at radius 3 is 2.76 bits per heavy atom. The van der Waals surface area contributed by atoms with Gasteiger partial charge in [0.05, 0.1) is 5.56 Å². The van der Waals surface area contributed by atoms with Crippen molar-refractivity contribution in [1.82, 2.24) is 10.5 Å². The third-order valence-corrected chi connectivity index (χ3v) is 3.18. The van der Waals surface area contributed by atoms with E-state index in [1.54, 1.807) is 31.2 Å². The molecule has 6 heteroatoms. The van der Waals surface area contributed by atoms with Gasteiger partial charge in [0.2, 0.25) is 0 Å². The summed E-state index contributed by atoms with van der Waals surface area (Å²) < 4.78 is 10.7. The third-order valence-electron chi connectivity index (χ3n) is 2.93. The molecule has 2 rings (SSSR count). The first-order valence-electron chi connectivity index (χ1n) is 6.73. The Kier molecular flexibility index (Phi) is 5.22. The molecule has 1 aromatic carbocycles. The standard InChI is InChI=1S/C15H17ClN2O3/c1-3-8-17-15(19)14-13(10(2)21-18-14)9-20-12-6-4-11(16)5-7-12/h4-7H,3,8-9H2,1-2H3,(H,17,19). The largest absolute Gasteiger partial charge is 0.489 e. The van der Waals surface area contributed by atoms with Crippen LogP contribution in [0.5, 0.6) is 5.75 Å². The highest BCUT2D eigenvalue weighted by molar-refractivity contribution is 6.30. The lowest BCUT2D eigenvalue weighted by atomic mass is 10.2. The van der Waals surface area contributed by atoms with Gasteiger partial charge in [-0.05, 0) is 37.6 Å². The van der Waals surface area contributed by atoms with E-state index in [2.05, 4.69) is 10.5 Å². The van der Waals surface area contributed by atoms with Crippen molar-refractivity contribution in [1.29, 1.82) is 0 Å². The average Bonchev–Trinajstić information content (AvgIpc) is 2.85. The summed E-state index contributed by atoms with van der Waals surface area (Å²) in [5.74, 6) is 0.994. The molecule has 5 nitrogen and oxygen atoms in total. The number of ether oxygens (including phenoxy) is 1. The van der Waals surface area contributed by atoms with Crippen LogP contribution in [0.2, 0.25) is 5.02 Å². The van der Waals surface area contributed by atoms with Crippen molar-refractivity contribution in [2.45, 2.75) is 26.9 Å². The summed E-state index contributed by atoms with van der Waals surface area (Å²) in [4.78, 5) is 12.0. The number of aromatic nitrogens is 1. The van der Waals surface area contributed by atoms with Crippen LogP contribution in [0, 0.1) is 6.92 Å². The first-order valence-corrected chi connectivity index (χ1v) is 7.11. The Morgan fingerprint density at radius 1 is 1.38 bits per heavy atom. The van der Waals surface area contributed by atoms with E-state index < -0.39 is 0 Å². The molecule has 0 bridgehead atoms. The Hall–Kier alpha value is -2.01. The van der Waals surface area contributed by atoms with E-state index in [0.717, 1.165) is 6.42 Å². The minimum Gasteiger partial charge on any atom is -0.489 e. The maximum Gasteiger partial charge on any atom is 0.273 e. The summed E-state index contributed by atoms with van der Waals surface area (Å²) in [5, 5.41) is 7.22. The Bertz CT molecular complexity index is 608. The second-order valence-electron chi connectivity index (χ2n) is 4.56. The number of nitrogens with zero attached hydrogens (tertiary/aromatic N) is 1. The fourth-order valence-corrected chi connectivity index (χ4v) is 1.87. The number of aryl methyl sites for hydroxylation is 1. The predicted octanol–water partition coefficient (Wildman–Crippen LogP) is 3.36. The van der Waals surface area contributed by atoms with Crippen LogP contribution in [0.25, 0.3) is 0 Å². The van der Waals surface area contributed by atoms with Gasteiger partial charge in [0.25, 0.3) is 5.91 Å². The average molecular weight is 309 g/mol. The number of hydrogen-bond donors (Lipinski definition) is 1. The number of hydrogen-bond acceptors (Lipinski definition) is 4. The zero-order valence-electron chi connectivity index (χ0n) is 12.0. The highest BCUT2D eigenvalue weighted by atomic mass is 35.5. The van der Waals surface area contributed by atoms with Gasteiger partial charge in [0.15, 0.2) is 5.69 Å². The summed E-state index contributed by atoms with van der Waals surface area (Å²) in [5.41, 5.74) is 0.925. The smallest absolute Gasteiger partial charge is 0.273 e. The first kappa shape index (κ1) is 15.4. The molecule has 0 unspecified atom stereocenters. The van der Waals surface area contributed by atoms with Crippen LogP contribution in [0.1, 0.15) is 35.2 Å². The Morgan fingerprint density at radius 2 is 2.10 bits per heavy atom. The Balaban J connectivity index is 2.07. The molecular weight excluding hydrogens is 292 g/mol. The fraction of sp³-hybridized carbons (Fsp3) is 0.333. The molecule has 0 aliphatic heterocycles. The van der Waals surface area contributed by atoms with E-state index >= 15 is 0 Å². The summed E-state index contributed by atoms with van der Waals surface area (Å²) in [6, 6.07) is 7.02. The monoisotopic (exact) mass is 308 g/mol. The number of rotatable bonds is 6. The molecule has 0 atom stereocenters. The molecule has 0 fully saturated rings. The van der Waals surface area contributed by atoms with Crippen LogP contribution in [-0.2, 0) is 6.61 Å². The summed E-state index contributed by atoms with van der Waals surface area (Å²) in [6.07, 6.45) is 0.860. The fourth-order valence-electron chi connectivity index (χ4n) is 1.75. The van der Waals surface area contributed by atoms with Crippen LogP contribution in [-0.4, -0.2) is 17.6 Å². The van der Waals surface area contributed by atoms with E-state index in [4.69, 9.17) is 20.9 Å². The van der Waals surface area contributed by atoms with Gasteiger partial charge in [0.1, 0.15) is 18.1 Å². The zero-order valence-corrected chi connectivity index (χ0v) is 12.7. The van der Waals surface area contributed by atoms with Crippen LogP contribution in [0.4, 0.5) is 0 Å². The van der Waals surface area contributed by atoms with Crippen molar-refractivity contribution < 1.29 is 14.1 Å². The maximum absolute atomic E-state index is 12.0. The number of benzene rings is 1. The van der Waals surface area contributed by atoms with Gasteiger partial charge < -0.3 is 14.6 Å². The lowest BCUT2D eigenvalue weighted by Crippen LogP contribution is -2.25. The van der Waals surface area contributed by atoms with E-state index in [0.29, 0.717) is 28.6 Å². The van der Waals surface area contributed by atoms with Crippen LogP contribution < -0.4 is 10.1 Å². The van der Waals surface area contributed by atoms with Crippen molar-refractivity contribution in [3.05, 3.63) is 46.3 Å². The van der Waals surface area contributed by atoms with Crippen LogP contribution >= 0.6 is 11.6 Å². The molecule has 1 heterocycles. The summed E-state index contributed by atoms with van der Waals surface area (Å²) in [6.45, 7) is 4.55. The highest BCUT2D eigenvalue weighted by Gasteiger charge is 2.19. The van der Waals surface area contributed by atoms with Gasteiger partial charge in [0, 0.05) is 11.6 Å². The first-order chi connectivity index (χ1) is 10.1. The molecule has 0 aliphatic carbocycles. The Labute approximate surface area is 128 Å². The van der Waals surface area contributed by atoms with Crippen molar-refractivity contribution in [3.8, 4) is 5.75 Å². The van der Waals surface area contributed by atoms with Gasteiger partial charge in [-0.3, -0.25) is 4.79 Å². The van der Waals surface area contributed by atoms with E-state index in [-0.39, 0.29) is 18.2 Å². The van der Waals surface area contributed by atoms with Gasteiger partial charge in [-0.25, -0.2) is 0 Å². The zero-order chi connectivity index (χ0) is 15.2. The second-order valence-corrected chi connectivity index (χ2v) is 5.00. The molecule has 0 saturated heterocycles. The second kappa shape index (κ2) is 7.13. The van der Waals surface area contributed by atoms with Gasteiger partial charge in [-0.1, -0.05) is 23.7 Å². The molecule has 112 valence electrons. The SMILES string of the molecule is CCCNC(=O)c1noc(C)c1COc1ccc(Cl)cc1. The number of carbonyl (C=O) groups excluding carboxylic acids is 1. The van der Waals surface area contributed by atoms with Crippen molar-refractivity contribution in [2.75, 3.05) is 6.54 Å². The van der Waals surface area contributed by atoms with Crippen LogP contribution in [0.15, 0.2) is 28.8 Å². The maximum atomic E-state index is 12.0. The predicted molar refractivity (Wildman–Crippen MR) is 79.6 cm³/mol. The number of amides is 1. The van der Waals surface area contributed by atoms with E-state index in [9.17, 15) is 4.79 Å². The highest BCUT2D eigenvalue weighted by Crippen LogP contribution is 2.19. The normalized spacial score (nSPS) is 10.4. The number of carbonyl (C=O) groups is 1. The van der Waals surface area contributed by atoms with Gasteiger partial charge in [-0.15, -0.1) is 0 Å². The molecular formula is C15H17ClN2O3. The minimum absolute atomic E-state index is 0.214. The lowest BCUT2D eigenvalue weighted by Gasteiger charge is -2.07. The molecule has 0 aliphatic rings. The van der Waals surface area contributed by atoms with E-state index in [1.165, 1.54) is 0 Å². The quantitative estimate of drug-likeness (QED) is 0.888. The number of nitrogens with one attached hydrogen (secondary N) is 1. The van der Waals surface area contributed by atoms with Crippen LogP contribution in [0.3, 0.4) is 0 Å². The molecule has 1 aromatic heterocycles. The minimum atomic E-state index is -0.247. The van der Waals surface area contributed by atoms with Crippen molar-refractivity contribution in [3.63, 3.8) is 0 Å². The van der Waals surface area contributed by atoms with E-state index in [1.807, 2.05) is 6.92 Å². The lowest BCUT2D eigenvalue weighted by molar-refractivity contribution is 0.0942. The number of halogens is 1. The van der Waals surface area contributed by atoms with Crippen molar-refractivity contribution >= 4 is 17.5 Å². The topological polar surface area (TPSA) is 64.4 Å². The molecule has 2 aromatic rings. The molecule has 0 spiro atoms. The molecule has 0 saturated carbocycles. The molecule has 1 N–H and O–H groups in total. The molecule has 21 heavy (non-hydrogen) atoms. The molecule has 1 amide bonds.